The predicted molar refractivity (Wildman–Crippen MR) is 105 cm³/mol. The third-order valence-corrected chi connectivity index (χ3v) is 4.18. The number of hydrogen-bond donors (Lipinski definition) is 1. The molecule has 1 heterocycles. The highest BCUT2D eigenvalue weighted by Crippen LogP contribution is 2.33. The van der Waals surface area contributed by atoms with E-state index in [0.29, 0.717) is 11.3 Å². The fourth-order valence-corrected chi connectivity index (χ4v) is 2.67. The molecule has 7 nitrogen and oxygen atoms in total. The molecule has 2 aromatic carbocycles. The van der Waals surface area contributed by atoms with Crippen LogP contribution in [0.3, 0.4) is 0 Å². The van der Waals surface area contributed by atoms with Gasteiger partial charge < -0.3 is 10.1 Å². The van der Waals surface area contributed by atoms with Crippen LogP contribution in [0.1, 0.15) is 29.0 Å². The van der Waals surface area contributed by atoms with Crippen LogP contribution in [0.4, 0.5) is 5.69 Å². The van der Waals surface area contributed by atoms with Crippen molar-refractivity contribution in [2.24, 2.45) is 0 Å². The molecule has 0 saturated heterocycles. The Morgan fingerprint density at radius 1 is 1.18 bits per heavy atom. The summed E-state index contributed by atoms with van der Waals surface area (Å²) in [4.78, 5) is 27.2. The number of carbonyl (C=O) groups excluding carboxylic acids is 1. The van der Waals surface area contributed by atoms with E-state index in [1.165, 1.54) is 18.2 Å². The van der Waals surface area contributed by atoms with Crippen molar-refractivity contribution < 1.29 is 14.5 Å². The zero-order chi connectivity index (χ0) is 20.1. The molecular weight excluding hydrogens is 382 g/mol. The molecular formula is C20H16ClN3O4. The summed E-state index contributed by atoms with van der Waals surface area (Å²) in [5, 5.41) is 14.2. The van der Waals surface area contributed by atoms with Crippen molar-refractivity contribution >= 4 is 23.2 Å². The molecule has 0 fully saturated rings. The second-order valence-corrected chi connectivity index (χ2v) is 6.38. The molecule has 0 radical (unpaired) electrons. The summed E-state index contributed by atoms with van der Waals surface area (Å²) in [7, 11) is 0. The molecule has 1 N–H and O–H groups in total. The van der Waals surface area contributed by atoms with E-state index in [0.717, 1.165) is 5.69 Å². The SMILES string of the molecule is CC(NC(=O)c1ccc(Oc2ccc(Cl)cc2[N+](=O)[O-])cc1)c1ccccn1. The number of ether oxygens (including phenoxy) is 1. The number of nitrogens with one attached hydrogen (secondary N) is 1. The summed E-state index contributed by atoms with van der Waals surface area (Å²) in [6.07, 6.45) is 1.67. The first-order valence-electron chi connectivity index (χ1n) is 8.37. The average molecular weight is 398 g/mol. The second kappa shape index (κ2) is 8.49. The van der Waals surface area contributed by atoms with Crippen molar-refractivity contribution in [3.05, 3.63) is 93.3 Å². The van der Waals surface area contributed by atoms with E-state index in [9.17, 15) is 14.9 Å². The van der Waals surface area contributed by atoms with Crippen LogP contribution in [0.5, 0.6) is 11.5 Å². The van der Waals surface area contributed by atoms with E-state index >= 15 is 0 Å². The number of halogens is 1. The highest BCUT2D eigenvalue weighted by Gasteiger charge is 2.17. The van der Waals surface area contributed by atoms with Crippen molar-refractivity contribution in [2.45, 2.75) is 13.0 Å². The lowest BCUT2D eigenvalue weighted by Crippen LogP contribution is -2.27. The van der Waals surface area contributed by atoms with Crippen LogP contribution in [-0.2, 0) is 0 Å². The molecule has 8 heteroatoms. The summed E-state index contributed by atoms with van der Waals surface area (Å²) in [6, 6.07) is 15.7. The van der Waals surface area contributed by atoms with Crippen LogP contribution in [0.2, 0.25) is 5.02 Å². The molecule has 3 rings (SSSR count). The molecule has 0 saturated carbocycles. The summed E-state index contributed by atoms with van der Waals surface area (Å²) in [6.45, 7) is 1.84. The highest BCUT2D eigenvalue weighted by atomic mass is 35.5. The summed E-state index contributed by atoms with van der Waals surface area (Å²) < 4.78 is 5.57. The van der Waals surface area contributed by atoms with Gasteiger partial charge in [-0.3, -0.25) is 19.9 Å². The minimum absolute atomic E-state index is 0.0652. The van der Waals surface area contributed by atoms with Crippen molar-refractivity contribution in [2.75, 3.05) is 0 Å². The van der Waals surface area contributed by atoms with E-state index in [-0.39, 0.29) is 28.4 Å². The normalized spacial score (nSPS) is 11.5. The predicted octanol–water partition coefficient (Wildman–Crippen LogP) is 4.93. The van der Waals surface area contributed by atoms with Crippen molar-refractivity contribution in [3.63, 3.8) is 0 Å². The number of nitrogens with zero attached hydrogens (tertiary/aromatic N) is 2. The lowest BCUT2D eigenvalue weighted by Gasteiger charge is -2.13. The number of carbonyl (C=O) groups is 1. The molecule has 3 aromatic rings. The molecule has 1 unspecified atom stereocenters. The van der Waals surface area contributed by atoms with Crippen molar-refractivity contribution in [1.82, 2.24) is 10.3 Å². The molecule has 0 aliphatic rings. The third-order valence-electron chi connectivity index (χ3n) is 3.94. The molecule has 0 spiro atoms. The Balaban J connectivity index is 1.70. The lowest BCUT2D eigenvalue weighted by molar-refractivity contribution is -0.385. The van der Waals surface area contributed by atoms with Gasteiger partial charge in [-0.05, 0) is 55.5 Å². The Hall–Kier alpha value is -3.45. The number of aromatic nitrogens is 1. The fraction of sp³-hybridized carbons (Fsp3) is 0.100. The topological polar surface area (TPSA) is 94.4 Å². The summed E-state index contributed by atoms with van der Waals surface area (Å²) >= 11 is 5.80. The summed E-state index contributed by atoms with van der Waals surface area (Å²) in [5.74, 6) is 0.164. The van der Waals surface area contributed by atoms with Crippen LogP contribution in [0.15, 0.2) is 66.9 Å². The van der Waals surface area contributed by atoms with E-state index in [1.54, 1.807) is 30.5 Å². The standard InChI is InChI=1S/C20H16ClN3O4/c1-13(17-4-2-3-11-22-17)23-20(25)14-5-8-16(9-6-14)28-19-10-7-15(21)12-18(19)24(26)27/h2-13H,1H3,(H,23,25). The van der Waals surface area contributed by atoms with Gasteiger partial charge in [0.15, 0.2) is 0 Å². The molecule has 1 amide bonds. The molecule has 0 aliphatic heterocycles. The molecule has 0 bridgehead atoms. The molecule has 28 heavy (non-hydrogen) atoms. The quantitative estimate of drug-likeness (QED) is 0.470. The maximum Gasteiger partial charge on any atom is 0.313 e. The van der Waals surface area contributed by atoms with Crippen molar-refractivity contribution in [1.29, 1.82) is 0 Å². The van der Waals surface area contributed by atoms with Gasteiger partial charge in [-0.2, -0.15) is 0 Å². The Kier molecular flexibility index (Phi) is 5.86. The average Bonchev–Trinajstić information content (AvgIpc) is 2.70. The number of pyridine rings is 1. The van der Waals surface area contributed by atoms with Crippen LogP contribution >= 0.6 is 11.6 Å². The number of benzene rings is 2. The van der Waals surface area contributed by atoms with Gasteiger partial charge in [0.05, 0.1) is 16.7 Å². The minimum Gasteiger partial charge on any atom is -0.450 e. The molecule has 1 atom stereocenters. The van der Waals surface area contributed by atoms with Crippen LogP contribution in [0, 0.1) is 10.1 Å². The van der Waals surface area contributed by atoms with Crippen LogP contribution in [-0.4, -0.2) is 15.8 Å². The Morgan fingerprint density at radius 2 is 1.93 bits per heavy atom. The Bertz CT molecular complexity index is 994. The van der Waals surface area contributed by atoms with Gasteiger partial charge in [-0.25, -0.2) is 0 Å². The van der Waals surface area contributed by atoms with Gasteiger partial charge in [0, 0.05) is 22.8 Å². The Labute approximate surface area is 166 Å². The number of rotatable bonds is 6. The first-order chi connectivity index (χ1) is 13.4. The van der Waals surface area contributed by atoms with E-state index in [2.05, 4.69) is 10.3 Å². The van der Waals surface area contributed by atoms with Gasteiger partial charge >= 0.3 is 5.69 Å². The molecule has 1 aromatic heterocycles. The maximum atomic E-state index is 12.4. The minimum atomic E-state index is -0.567. The van der Waals surface area contributed by atoms with E-state index in [4.69, 9.17) is 16.3 Å². The highest BCUT2D eigenvalue weighted by molar-refractivity contribution is 6.30. The molecule has 142 valence electrons. The first-order valence-corrected chi connectivity index (χ1v) is 8.75. The molecule has 0 aliphatic carbocycles. The third kappa shape index (κ3) is 4.63. The number of amides is 1. The maximum absolute atomic E-state index is 12.4. The van der Waals surface area contributed by atoms with Crippen molar-refractivity contribution in [3.8, 4) is 11.5 Å². The van der Waals surface area contributed by atoms with Gasteiger partial charge in [0.1, 0.15) is 5.75 Å². The van der Waals surface area contributed by atoms with E-state index in [1.807, 2.05) is 25.1 Å². The summed E-state index contributed by atoms with van der Waals surface area (Å²) in [5.41, 5.74) is 0.949. The number of nitro groups is 1. The van der Waals surface area contributed by atoms with Gasteiger partial charge in [0.25, 0.3) is 5.91 Å². The monoisotopic (exact) mass is 397 g/mol. The van der Waals surface area contributed by atoms with Gasteiger partial charge in [-0.1, -0.05) is 17.7 Å². The first kappa shape index (κ1) is 19.3. The smallest absolute Gasteiger partial charge is 0.313 e. The zero-order valence-corrected chi connectivity index (χ0v) is 15.6. The largest absolute Gasteiger partial charge is 0.450 e. The fourth-order valence-electron chi connectivity index (χ4n) is 2.51. The van der Waals surface area contributed by atoms with Gasteiger partial charge in [-0.15, -0.1) is 0 Å². The second-order valence-electron chi connectivity index (χ2n) is 5.95. The Morgan fingerprint density at radius 3 is 2.57 bits per heavy atom. The van der Waals surface area contributed by atoms with Gasteiger partial charge in [0.2, 0.25) is 5.75 Å². The van der Waals surface area contributed by atoms with Crippen LogP contribution < -0.4 is 10.1 Å². The number of hydrogen-bond acceptors (Lipinski definition) is 5. The lowest BCUT2D eigenvalue weighted by atomic mass is 10.1. The number of nitro benzene ring substituents is 1. The van der Waals surface area contributed by atoms with Crippen LogP contribution in [0.25, 0.3) is 0 Å². The zero-order valence-electron chi connectivity index (χ0n) is 14.8. The van der Waals surface area contributed by atoms with E-state index < -0.39 is 4.92 Å².